The Morgan fingerprint density at radius 3 is 2.41 bits per heavy atom. The average Bonchev–Trinajstić information content (AvgIpc) is 2.30. The van der Waals surface area contributed by atoms with Crippen LogP contribution in [-0.2, 0) is 17.6 Å². The monoisotopic (exact) mass is 250 g/mol. The number of benzene rings is 2. The molecule has 0 saturated heterocycles. The zero-order valence-corrected chi connectivity index (χ0v) is 9.56. The minimum Gasteiger partial charge on any atom is -0.606 e. The van der Waals surface area contributed by atoms with Crippen LogP contribution in [0.2, 0.25) is 0 Å². The summed E-state index contributed by atoms with van der Waals surface area (Å²) in [5, 5.41) is 0. The summed E-state index contributed by atoms with van der Waals surface area (Å²) in [5.41, 5.74) is 1.50. The lowest BCUT2D eigenvalue weighted by atomic mass is 10.0. The zero-order valence-electron chi connectivity index (χ0n) is 8.74. The highest BCUT2D eigenvalue weighted by molar-refractivity contribution is 7.91. The van der Waals surface area contributed by atoms with Gasteiger partial charge in [-0.05, 0) is 24.3 Å². The Kier molecular flexibility index (Phi) is 2.42. The van der Waals surface area contributed by atoms with Crippen molar-refractivity contribution in [2.24, 2.45) is 0 Å². The van der Waals surface area contributed by atoms with Gasteiger partial charge in [0.1, 0.15) is 11.6 Å². The molecular weight excluding hydrogens is 242 g/mol. The Morgan fingerprint density at radius 1 is 0.882 bits per heavy atom. The highest BCUT2D eigenvalue weighted by atomic mass is 32.2. The van der Waals surface area contributed by atoms with Crippen molar-refractivity contribution in [2.75, 3.05) is 0 Å². The Morgan fingerprint density at radius 2 is 1.59 bits per heavy atom. The van der Waals surface area contributed by atoms with E-state index in [2.05, 4.69) is 0 Å². The van der Waals surface area contributed by atoms with E-state index in [0.717, 1.165) is 5.56 Å². The summed E-state index contributed by atoms with van der Waals surface area (Å²) in [5.74, 6) is -0.742. The number of hydrogen-bond acceptors (Lipinski definition) is 1. The van der Waals surface area contributed by atoms with Crippen molar-refractivity contribution in [2.45, 2.75) is 16.2 Å². The molecule has 2 aromatic rings. The first-order valence-corrected chi connectivity index (χ1v) is 6.29. The smallest absolute Gasteiger partial charge is 0.164 e. The minimum absolute atomic E-state index is 0.341. The van der Waals surface area contributed by atoms with Crippen LogP contribution in [0.4, 0.5) is 8.78 Å². The summed E-state index contributed by atoms with van der Waals surface area (Å²) in [6.45, 7) is 0. The van der Waals surface area contributed by atoms with Crippen LogP contribution in [0, 0.1) is 11.6 Å². The third kappa shape index (κ3) is 1.73. The molecule has 0 saturated carbocycles. The van der Waals surface area contributed by atoms with Crippen LogP contribution < -0.4 is 0 Å². The van der Waals surface area contributed by atoms with Gasteiger partial charge in [0.05, 0.1) is 0 Å². The normalized spacial score (nSPS) is 17.5. The van der Waals surface area contributed by atoms with Gasteiger partial charge < -0.3 is 4.55 Å². The molecule has 86 valence electrons. The van der Waals surface area contributed by atoms with Gasteiger partial charge in [0.15, 0.2) is 9.79 Å². The summed E-state index contributed by atoms with van der Waals surface area (Å²) in [7, 11) is 0. The van der Waals surface area contributed by atoms with Crippen LogP contribution in [0.15, 0.2) is 46.2 Å². The lowest BCUT2D eigenvalue weighted by Gasteiger charge is -2.21. The second-order valence-corrected chi connectivity index (χ2v) is 5.37. The number of halogens is 2. The van der Waals surface area contributed by atoms with Crippen LogP contribution in [-0.4, -0.2) is 4.55 Å². The topological polar surface area (TPSA) is 23.1 Å². The molecule has 0 spiro atoms. The summed E-state index contributed by atoms with van der Waals surface area (Å²) in [6.07, 6.45) is 0.494. The first-order chi connectivity index (χ1) is 8.15. The molecule has 1 aliphatic rings. The van der Waals surface area contributed by atoms with Gasteiger partial charge in [0.25, 0.3) is 0 Å². The van der Waals surface area contributed by atoms with Gasteiger partial charge in [-0.3, -0.25) is 0 Å². The van der Waals surface area contributed by atoms with Crippen LogP contribution in [0.3, 0.4) is 0 Å². The van der Waals surface area contributed by atoms with Gasteiger partial charge in [-0.1, -0.05) is 6.07 Å². The molecule has 17 heavy (non-hydrogen) atoms. The standard InChI is InChI=1S/C13H8F2OS/c14-10-3-4-12-9(6-10)5-8-1-2-11(15)7-13(8)17(12)16/h1-4,6-7H,5H2. The number of hydrogen-bond donors (Lipinski definition) is 0. The second-order valence-electron chi connectivity index (χ2n) is 3.95. The lowest BCUT2D eigenvalue weighted by molar-refractivity contribution is 0.582. The Bertz CT molecular complexity index is 598. The molecule has 1 aliphatic heterocycles. The molecule has 1 atom stereocenters. The van der Waals surface area contributed by atoms with Crippen molar-refractivity contribution in [3.05, 3.63) is 59.2 Å². The van der Waals surface area contributed by atoms with Crippen LogP contribution in [0.1, 0.15) is 11.1 Å². The molecule has 1 nitrogen and oxygen atoms in total. The van der Waals surface area contributed by atoms with E-state index in [1.165, 1.54) is 30.3 Å². The summed E-state index contributed by atoms with van der Waals surface area (Å²) < 4.78 is 38.4. The number of fused-ring (bicyclic) bond motifs is 2. The van der Waals surface area contributed by atoms with E-state index < -0.39 is 17.0 Å². The molecule has 0 fully saturated rings. The maximum Gasteiger partial charge on any atom is 0.164 e. The maximum absolute atomic E-state index is 13.1. The van der Waals surface area contributed by atoms with Gasteiger partial charge in [-0.2, -0.15) is 0 Å². The zero-order chi connectivity index (χ0) is 12.0. The van der Waals surface area contributed by atoms with Crippen molar-refractivity contribution >= 4 is 11.2 Å². The van der Waals surface area contributed by atoms with E-state index in [1.807, 2.05) is 0 Å². The highest BCUT2D eigenvalue weighted by Gasteiger charge is 2.28. The second kappa shape index (κ2) is 3.82. The van der Waals surface area contributed by atoms with Crippen molar-refractivity contribution < 1.29 is 13.3 Å². The minimum atomic E-state index is -1.42. The molecule has 0 bridgehead atoms. The molecule has 0 aliphatic carbocycles. The summed E-state index contributed by atoms with van der Waals surface area (Å²) >= 11 is -1.42. The summed E-state index contributed by atoms with van der Waals surface area (Å²) in [4.78, 5) is 1.06. The van der Waals surface area contributed by atoms with Crippen molar-refractivity contribution in [3.8, 4) is 0 Å². The molecule has 2 aromatic carbocycles. The Balaban J connectivity index is 2.17. The fraction of sp³-hybridized carbons (Fsp3) is 0.0769. The molecular formula is C13H8F2OS. The molecule has 1 heterocycles. The van der Waals surface area contributed by atoms with Crippen LogP contribution in [0.5, 0.6) is 0 Å². The average molecular weight is 250 g/mol. The van der Waals surface area contributed by atoms with E-state index in [9.17, 15) is 13.3 Å². The quantitative estimate of drug-likeness (QED) is 0.659. The molecule has 0 aromatic heterocycles. The van der Waals surface area contributed by atoms with Crippen molar-refractivity contribution in [1.82, 2.24) is 0 Å². The molecule has 3 rings (SSSR count). The predicted octanol–water partition coefficient (Wildman–Crippen LogP) is 3.04. The number of rotatable bonds is 0. The molecule has 1 unspecified atom stereocenters. The maximum atomic E-state index is 13.1. The van der Waals surface area contributed by atoms with Gasteiger partial charge in [0.2, 0.25) is 0 Å². The van der Waals surface area contributed by atoms with E-state index >= 15 is 0 Å². The largest absolute Gasteiger partial charge is 0.606 e. The van der Waals surface area contributed by atoms with Gasteiger partial charge in [-0.25, -0.2) is 8.78 Å². The third-order valence-electron chi connectivity index (χ3n) is 2.83. The van der Waals surface area contributed by atoms with Crippen LogP contribution >= 0.6 is 0 Å². The Hall–Kier alpha value is -1.39. The van der Waals surface area contributed by atoms with E-state index in [-0.39, 0.29) is 5.82 Å². The molecule has 0 amide bonds. The van der Waals surface area contributed by atoms with Crippen molar-refractivity contribution in [3.63, 3.8) is 0 Å². The summed E-state index contributed by atoms with van der Waals surface area (Å²) in [6, 6.07) is 8.41. The lowest BCUT2D eigenvalue weighted by Crippen LogP contribution is -2.15. The fourth-order valence-corrected chi connectivity index (χ4v) is 3.43. The van der Waals surface area contributed by atoms with Gasteiger partial charge >= 0.3 is 0 Å². The Labute approximate surface area is 100 Å². The highest BCUT2D eigenvalue weighted by Crippen LogP contribution is 2.34. The molecule has 0 radical (unpaired) electrons. The molecule has 0 N–H and O–H groups in total. The van der Waals surface area contributed by atoms with E-state index in [4.69, 9.17) is 0 Å². The third-order valence-corrected chi connectivity index (χ3v) is 4.41. The fourth-order valence-electron chi connectivity index (χ4n) is 2.04. The van der Waals surface area contributed by atoms with Gasteiger partial charge in [-0.15, -0.1) is 0 Å². The first-order valence-electron chi connectivity index (χ1n) is 5.14. The van der Waals surface area contributed by atoms with Gasteiger partial charge in [0, 0.05) is 34.8 Å². The SMILES string of the molecule is [O-][S+]1c2ccc(F)cc2Cc2ccc(F)cc21. The van der Waals surface area contributed by atoms with Crippen LogP contribution in [0.25, 0.3) is 0 Å². The van der Waals surface area contributed by atoms with E-state index in [0.29, 0.717) is 21.8 Å². The van der Waals surface area contributed by atoms with E-state index in [1.54, 1.807) is 6.07 Å². The molecule has 4 heteroatoms. The predicted molar refractivity (Wildman–Crippen MR) is 60.3 cm³/mol. The first kappa shape index (κ1) is 10.7. The van der Waals surface area contributed by atoms with Crippen molar-refractivity contribution in [1.29, 1.82) is 0 Å².